The van der Waals surface area contributed by atoms with E-state index in [9.17, 15) is 19.5 Å². The minimum Gasteiger partial charge on any atom is -0.493 e. The minimum atomic E-state index is -0.906. The first kappa shape index (κ1) is 26.3. The van der Waals surface area contributed by atoms with E-state index in [0.29, 0.717) is 35.0 Å². The van der Waals surface area contributed by atoms with E-state index in [4.69, 9.17) is 9.47 Å². The zero-order valence-electron chi connectivity index (χ0n) is 17.6. The fourth-order valence-electron chi connectivity index (χ4n) is 2.70. The lowest BCUT2D eigenvalue weighted by Gasteiger charge is -2.23. The fourth-order valence-corrected chi connectivity index (χ4v) is 3.74. The Bertz CT molecular complexity index is 731. The molecule has 0 saturated carbocycles. The molecule has 0 spiro atoms. The Balaban J connectivity index is 3.04. The smallest absolute Gasteiger partial charge is 0.334 e. The Labute approximate surface area is 189 Å². The molecule has 10 heteroatoms. The largest absolute Gasteiger partial charge is 0.493 e. The fraction of sp³-hybridized carbons (Fsp3) is 0.550. The second-order valence-corrected chi connectivity index (χ2v) is 8.84. The molecule has 8 nitrogen and oxygen atoms in total. The molecule has 0 aliphatic rings. The van der Waals surface area contributed by atoms with E-state index in [1.807, 2.05) is 20.1 Å². The van der Waals surface area contributed by atoms with Gasteiger partial charge in [0.1, 0.15) is 12.1 Å². The van der Waals surface area contributed by atoms with Gasteiger partial charge in [-0.25, -0.2) is 4.79 Å². The molecular formula is C20H29BrN2O6S. The van der Waals surface area contributed by atoms with Crippen molar-refractivity contribution in [2.75, 3.05) is 19.1 Å². The number of thioether (sulfide) groups is 1. The molecule has 30 heavy (non-hydrogen) atoms. The summed E-state index contributed by atoms with van der Waals surface area (Å²) in [4.78, 5) is 36.4. The van der Waals surface area contributed by atoms with Crippen molar-refractivity contribution in [1.82, 2.24) is 10.6 Å². The third-order valence-electron chi connectivity index (χ3n) is 4.18. The maximum Gasteiger partial charge on any atom is 0.334 e. The number of carbonyl (C=O) groups excluding carboxylic acids is 3. The predicted molar refractivity (Wildman–Crippen MR) is 120 cm³/mol. The van der Waals surface area contributed by atoms with Crippen molar-refractivity contribution in [3.05, 3.63) is 22.2 Å². The van der Waals surface area contributed by atoms with E-state index in [1.165, 1.54) is 7.11 Å². The highest BCUT2D eigenvalue weighted by Gasteiger charge is 2.28. The van der Waals surface area contributed by atoms with Crippen LogP contribution in [0.3, 0.4) is 0 Å². The summed E-state index contributed by atoms with van der Waals surface area (Å²) < 4.78 is 11.3. The molecule has 0 fully saturated rings. The van der Waals surface area contributed by atoms with Crippen molar-refractivity contribution in [2.24, 2.45) is 5.92 Å². The van der Waals surface area contributed by atoms with E-state index in [0.717, 1.165) is 0 Å². The molecule has 0 saturated heterocycles. The molecule has 1 rings (SSSR count). The molecule has 2 unspecified atom stereocenters. The maximum atomic E-state index is 12.9. The molecule has 168 valence electrons. The molecule has 0 aliphatic heterocycles. The second kappa shape index (κ2) is 13.5. The number of halogens is 1. The van der Waals surface area contributed by atoms with Gasteiger partial charge in [-0.15, -0.1) is 0 Å². The van der Waals surface area contributed by atoms with Gasteiger partial charge in [0.05, 0.1) is 18.2 Å². The third kappa shape index (κ3) is 8.16. The summed E-state index contributed by atoms with van der Waals surface area (Å²) in [6, 6.07) is 1.54. The highest BCUT2D eigenvalue weighted by molar-refractivity contribution is 9.10. The molecule has 3 N–H and O–H groups in total. The third-order valence-corrected chi connectivity index (χ3v) is 5.41. The summed E-state index contributed by atoms with van der Waals surface area (Å²) >= 11 is 4.88. The Morgan fingerprint density at radius 2 is 2.00 bits per heavy atom. The zero-order chi connectivity index (χ0) is 22.7. The van der Waals surface area contributed by atoms with Crippen LogP contribution in [0, 0.1) is 5.92 Å². The number of carbonyl (C=O) groups is 3. The number of rotatable bonds is 13. The van der Waals surface area contributed by atoms with Crippen LogP contribution in [0.2, 0.25) is 0 Å². The highest BCUT2D eigenvalue weighted by Crippen LogP contribution is 2.37. The van der Waals surface area contributed by atoms with E-state index in [1.54, 1.807) is 23.9 Å². The van der Waals surface area contributed by atoms with Gasteiger partial charge < -0.3 is 25.2 Å². The van der Waals surface area contributed by atoms with Gasteiger partial charge in [0.2, 0.25) is 12.3 Å². The molecule has 1 aromatic carbocycles. The first-order valence-corrected chi connectivity index (χ1v) is 11.6. The first-order valence-electron chi connectivity index (χ1n) is 9.45. The van der Waals surface area contributed by atoms with Gasteiger partial charge in [-0.3, -0.25) is 9.59 Å². The summed E-state index contributed by atoms with van der Waals surface area (Å²) in [5.41, 5.74) is 0.585. The SMILES string of the molecule is COc1cc(CO)cc(Br)c1OC(=O)C(CC(C)C)NC(=O)C(CCSC)NC=O. The molecule has 0 radical (unpaired) electrons. The standard InChI is InChI=1S/C20H29BrN2O6S/c1-12(2)7-16(23-19(26)15(22-11-25)5-6-30-4)20(27)29-18-14(21)8-13(10-24)9-17(18)28-3/h8-9,11-12,15-16,24H,5-7,10H2,1-4H3,(H,22,25)(H,23,26). The van der Waals surface area contributed by atoms with Gasteiger partial charge in [-0.1, -0.05) is 13.8 Å². The normalized spacial score (nSPS) is 12.8. The van der Waals surface area contributed by atoms with Crippen LogP contribution in [0.4, 0.5) is 0 Å². The number of methoxy groups -OCH3 is 1. The van der Waals surface area contributed by atoms with Gasteiger partial charge in [0.25, 0.3) is 0 Å². The first-order chi connectivity index (χ1) is 14.3. The summed E-state index contributed by atoms with van der Waals surface area (Å²) in [6.07, 6.45) is 3.18. The Morgan fingerprint density at radius 3 is 2.53 bits per heavy atom. The number of aliphatic hydroxyl groups is 1. The number of aliphatic hydroxyl groups excluding tert-OH is 1. The van der Waals surface area contributed by atoms with E-state index >= 15 is 0 Å². The molecule has 2 amide bonds. The summed E-state index contributed by atoms with van der Waals surface area (Å²) in [5, 5.41) is 14.5. The van der Waals surface area contributed by atoms with Crippen LogP contribution < -0.4 is 20.1 Å². The van der Waals surface area contributed by atoms with Gasteiger partial charge in [0, 0.05) is 0 Å². The molecule has 1 aromatic rings. The van der Waals surface area contributed by atoms with Crippen LogP contribution in [-0.4, -0.2) is 54.6 Å². The van der Waals surface area contributed by atoms with Crippen LogP contribution in [0.1, 0.15) is 32.3 Å². The molecule has 0 aromatic heterocycles. The lowest BCUT2D eigenvalue weighted by atomic mass is 10.0. The van der Waals surface area contributed by atoms with Crippen LogP contribution in [0.15, 0.2) is 16.6 Å². The van der Waals surface area contributed by atoms with Crippen LogP contribution in [0.5, 0.6) is 11.5 Å². The molecule has 2 atom stereocenters. The van der Waals surface area contributed by atoms with Gasteiger partial charge in [-0.2, -0.15) is 11.8 Å². The summed E-state index contributed by atoms with van der Waals surface area (Å²) in [7, 11) is 1.43. The van der Waals surface area contributed by atoms with Crippen molar-refractivity contribution in [2.45, 2.75) is 45.4 Å². The number of amides is 2. The quantitative estimate of drug-likeness (QED) is 0.214. The van der Waals surface area contributed by atoms with Crippen LogP contribution in [-0.2, 0) is 21.0 Å². The van der Waals surface area contributed by atoms with Crippen molar-refractivity contribution >= 4 is 46.0 Å². The number of nitrogens with one attached hydrogen (secondary N) is 2. The predicted octanol–water partition coefficient (Wildman–Crippen LogP) is 2.25. The van der Waals surface area contributed by atoms with Gasteiger partial charge in [-0.05, 0) is 64.4 Å². The number of benzene rings is 1. The Morgan fingerprint density at radius 1 is 1.30 bits per heavy atom. The van der Waals surface area contributed by atoms with Crippen LogP contribution >= 0.6 is 27.7 Å². The zero-order valence-corrected chi connectivity index (χ0v) is 20.0. The maximum absolute atomic E-state index is 12.9. The van der Waals surface area contributed by atoms with Crippen molar-refractivity contribution in [1.29, 1.82) is 0 Å². The number of hydrogen-bond donors (Lipinski definition) is 3. The van der Waals surface area contributed by atoms with Crippen molar-refractivity contribution < 1.29 is 29.0 Å². The number of esters is 1. The second-order valence-electron chi connectivity index (χ2n) is 7.00. The van der Waals surface area contributed by atoms with E-state index in [2.05, 4.69) is 26.6 Å². The Hall–Kier alpha value is -1.78. The molecule has 0 aliphatic carbocycles. The molecule has 0 bridgehead atoms. The van der Waals surface area contributed by atoms with Crippen LogP contribution in [0.25, 0.3) is 0 Å². The number of ether oxygens (including phenoxy) is 2. The van der Waals surface area contributed by atoms with E-state index in [-0.39, 0.29) is 24.0 Å². The summed E-state index contributed by atoms with van der Waals surface area (Å²) in [6.45, 7) is 3.65. The van der Waals surface area contributed by atoms with E-state index < -0.39 is 24.0 Å². The average molecular weight is 505 g/mol. The van der Waals surface area contributed by atoms with Gasteiger partial charge in [0.15, 0.2) is 11.5 Å². The minimum absolute atomic E-state index is 0.105. The average Bonchev–Trinajstić information content (AvgIpc) is 2.71. The Kier molecular flexibility index (Phi) is 11.8. The molecule has 0 heterocycles. The lowest BCUT2D eigenvalue weighted by Crippen LogP contribution is -2.51. The molecular weight excluding hydrogens is 476 g/mol. The lowest BCUT2D eigenvalue weighted by molar-refractivity contribution is -0.140. The van der Waals surface area contributed by atoms with Gasteiger partial charge >= 0.3 is 5.97 Å². The highest BCUT2D eigenvalue weighted by atomic mass is 79.9. The van der Waals surface area contributed by atoms with Crippen molar-refractivity contribution in [3.63, 3.8) is 0 Å². The number of hydrogen-bond acceptors (Lipinski definition) is 7. The van der Waals surface area contributed by atoms with Crippen molar-refractivity contribution in [3.8, 4) is 11.5 Å². The monoisotopic (exact) mass is 504 g/mol. The summed E-state index contributed by atoms with van der Waals surface area (Å²) in [5.74, 6) is 0.126. The topological polar surface area (TPSA) is 114 Å².